The van der Waals surface area contributed by atoms with Gasteiger partial charge in [0.1, 0.15) is 4.99 Å². The van der Waals surface area contributed by atoms with Crippen LogP contribution < -0.4 is 11.1 Å². The quantitative estimate of drug-likeness (QED) is 0.789. The van der Waals surface area contributed by atoms with Crippen LogP contribution in [0.5, 0.6) is 0 Å². The topological polar surface area (TPSA) is 41.3 Å². The van der Waals surface area contributed by atoms with E-state index in [0.29, 0.717) is 16.1 Å². The van der Waals surface area contributed by atoms with Crippen LogP contribution in [0, 0.1) is 0 Å². The summed E-state index contributed by atoms with van der Waals surface area (Å²) in [6.07, 6.45) is 0. The molecule has 0 spiro atoms. The van der Waals surface area contributed by atoms with Gasteiger partial charge in [-0.25, -0.2) is 0 Å². The molecule has 1 rings (SSSR count). The van der Waals surface area contributed by atoms with E-state index in [-0.39, 0.29) is 0 Å². The van der Waals surface area contributed by atoms with Crippen LogP contribution in [0.1, 0.15) is 19.4 Å². The number of nitrogens with zero attached hydrogens (tertiary/aromatic N) is 1. The minimum Gasteiger partial charge on any atom is -0.389 e. The van der Waals surface area contributed by atoms with E-state index in [1.165, 1.54) is 0 Å². The standard InChI is InChI=1S/C13H20ClN3S/c1-9(2)17(3)7-6-16-10-4-5-11(13(15)18)12(14)8-10/h4-5,8-9,16H,6-7H2,1-3H3,(H2,15,18). The van der Waals surface area contributed by atoms with E-state index in [0.717, 1.165) is 24.3 Å². The first-order valence-corrected chi connectivity index (χ1v) is 6.74. The molecule has 0 fully saturated rings. The summed E-state index contributed by atoms with van der Waals surface area (Å²) in [5.41, 5.74) is 7.26. The molecule has 0 atom stereocenters. The van der Waals surface area contributed by atoms with Gasteiger partial charge in [0.25, 0.3) is 0 Å². The Hall–Kier alpha value is -0.840. The fraction of sp³-hybridized carbons (Fsp3) is 0.462. The van der Waals surface area contributed by atoms with Crippen LogP contribution in [-0.4, -0.2) is 36.1 Å². The molecule has 0 saturated heterocycles. The zero-order valence-corrected chi connectivity index (χ0v) is 12.6. The first-order valence-electron chi connectivity index (χ1n) is 5.95. The zero-order chi connectivity index (χ0) is 13.7. The van der Waals surface area contributed by atoms with E-state index >= 15 is 0 Å². The summed E-state index contributed by atoms with van der Waals surface area (Å²) in [6.45, 7) is 6.20. The van der Waals surface area contributed by atoms with Crippen molar-refractivity contribution in [2.45, 2.75) is 19.9 Å². The summed E-state index contributed by atoms with van der Waals surface area (Å²) in [6, 6.07) is 6.19. The van der Waals surface area contributed by atoms with Crippen LogP contribution in [0.25, 0.3) is 0 Å². The second-order valence-electron chi connectivity index (χ2n) is 4.56. The summed E-state index contributed by atoms with van der Waals surface area (Å²) >= 11 is 11.0. The highest BCUT2D eigenvalue weighted by molar-refractivity contribution is 7.80. The van der Waals surface area contributed by atoms with Crippen molar-refractivity contribution in [3.05, 3.63) is 28.8 Å². The Bertz CT molecular complexity index is 421. The molecule has 1 aromatic rings. The SMILES string of the molecule is CC(C)N(C)CCNc1ccc(C(N)=S)c(Cl)c1. The largest absolute Gasteiger partial charge is 0.389 e. The Kier molecular flexibility index (Phi) is 5.85. The summed E-state index contributed by atoms with van der Waals surface area (Å²) in [5, 5.41) is 3.91. The van der Waals surface area contributed by atoms with E-state index in [1.54, 1.807) is 0 Å². The molecular formula is C13H20ClN3S. The molecule has 0 aliphatic rings. The lowest BCUT2D eigenvalue weighted by Crippen LogP contribution is -2.31. The molecule has 3 nitrogen and oxygen atoms in total. The molecule has 0 unspecified atom stereocenters. The number of hydrogen-bond acceptors (Lipinski definition) is 3. The van der Waals surface area contributed by atoms with Gasteiger partial charge in [-0.3, -0.25) is 0 Å². The third-order valence-electron chi connectivity index (χ3n) is 2.91. The zero-order valence-electron chi connectivity index (χ0n) is 11.0. The van der Waals surface area contributed by atoms with Gasteiger partial charge in [-0.15, -0.1) is 0 Å². The van der Waals surface area contributed by atoms with E-state index < -0.39 is 0 Å². The first-order chi connectivity index (χ1) is 8.41. The van der Waals surface area contributed by atoms with Gasteiger partial charge in [-0.2, -0.15) is 0 Å². The number of anilines is 1. The van der Waals surface area contributed by atoms with E-state index in [1.807, 2.05) is 18.2 Å². The molecule has 0 aliphatic heterocycles. The molecule has 3 N–H and O–H groups in total. The van der Waals surface area contributed by atoms with Crippen molar-refractivity contribution >= 4 is 34.5 Å². The maximum atomic E-state index is 6.10. The molecule has 0 heterocycles. The summed E-state index contributed by atoms with van der Waals surface area (Å²) < 4.78 is 0. The molecule has 100 valence electrons. The lowest BCUT2D eigenvalue weighted by atomic mass is 10.2. The highest BCUT2D eigenvalue weighted by Crippen LogP contribution is 2.20. The van der Waals surface area contributed by atoms with Crippen molar-refractivity contribution in [2.75, 3.05) is 25.5 Å². The van der Waals surface area contributed by atoms with Gasteiger partial charge in [0.05, 0.1) is 5.02 Å². The molecular weight excluding hydrogens is 266 g/mol. The average Bonchev–Trinajstić information content (AvgIpc) is 2.28. The Morgan fingerprint density at radius 3 is 2.67 bits per heavy atom. The molecule has 0 aromatic heterocycles. The second kappa shape index (κ2) is 6.92. The van der Waals surface area contributed by atoms with Crippen LogP contribution in [0.15, 0.2) is 18.2 Å². The number of hydrogen-bond donors (Lipinski definition) is 2. The van der Waals surface area contributed by atoms with Gasteiger partial charge >= 0.3 is 0 Å². The monoisotopic (exact) mass is 285 g/mol. The number of nitrogens with two attached hydrogens (primary N) is 1. The number of rotatable bonds is 6. The number of thiocarbonyl (C=S) groups is 1. The summed E-state index contributed by atoms with van der Waals surface area (Å²) in [7, 11) is 2.11. The number of halogens is 1. The van der Waals surface area contributed by atoms with Crippen LogP contribution in [0.3, 0.4) is 0 Å². The Morgan fingerprint density at radius 1 is 1.50 bits per heavy atom. The van der Waals surface area contributed by atoms with Crippen molar-refractivity contribution in [3.8, 4) is 0 Å². The molecule has 0 amide bonds. The maximum absolute atomic E-state index is 6.10. The van der Waals surface area contributed by atoms with Crippen LogP contribution in [0.4, 0.5) is 5.69 Å². The van der Waals surface area contributed by atoms with E-state index in [2.05, 4.69) is 31.1 Å². The van der Waals surface area contributed by atoms with Gasteiger partial charge in [0.2, 0.25) is 0 Å². The predicted octanol–water partition coefficient (Wildman–Crippen LogP) is 2.73. The molecule has 0 saturated carbocycles. The minimum absolute atomic E-state index is 0.325. The molecule has 0 bridgehead atoms. The Labute approximate surface area is 119 Å². The molecule has 0 aliphatic carbocycles. The van der Waals surface area contributed by atoms with Crippen molar-refractivity contribution in [1.29, 1.82) is 0 Å². The molecule has 5 heteroatoms. The smallest absolute Gasteiger partial charge is 0.105 e. The first kappa shape index (κ1) is 15.2. The summed E-state index contributed by atoms with van der Waals surface area (Å²) in [5.74, 6) is 0. The van der Waals surface area contributed by atoms with Crippen molar-refractivity contribution in [2.24, 2.45) is 5.73 Å². The van der Waals surface area contributed by atoms with Gasteiger partial charge < -0.3 is 16.0 Å². The third kappa shape index (κ3) is 4.44. The van der Waals surface area contributed by atoms with E-state index in [4.69, 9.17) is 29.6 Å². The highest BCUT2D eigenvalue weighted by atomic mass is 35.5. The van der Waals surface area contributed by atoms with Gasteiger partial charge in [-0.1, -0.05) is 23.8 Å². The molecule has 1 aromatic carbocycles. The van der Waals surface area contributed by atoms with Gasteiger partial charge in [0, 0.05) is 30.4 Å². The normalized spacial score (nSPS) is 11.0. The van der Waals surface area contributed by atoms with Crippen LogP contribution >= 0.6 is 23.8 Å². The third-order valence-corrected chi connectivity index (χ3v) is 3.44. The molecule has 18 heavy (non-hydrogen) atoms. The second-order valence-corrected chi connectivity index (χ2v) is 5.41. The highest BCUT2D eigenvalue weighted by Gasteiger charge is 2.05. The lowest BCUT2D eigenvalue weighted by Gasteiger charge is -2.21. The van der Waals surface area contributed by atoms with Crippen molar-refractivity contribution < 1.29 is 0 Å². The number of nitrogens with one attached hydrogen (secondary N) is 1. The Balaban J connectivity index is 2.54. The molecule has 0 radical (unpaired) electrons. The van der Waals surface area contributed by atoms with Crippen LogP contribution in [-0.2, 0) is 0 Å². The summed E-state index contributed by atoms with van der Waals surface area (Å²) in [4.78, 5) is 2.60. The minimum atomic E-state index is 0.325. The predicted molar refractivity (Wildman–Crippen MR) is 83.6 cm³/mol. The Morgan fingerprint density at radius 2 is 2.17 bits per heavy atom. The maximum Gasteiger partial charge on any atom is 0.105 e. The van der Waals surface area contributed by atoms with Crippen molar-refractivity contribution in [3.63, 3.8) is 0 Å². The van der Waals surface area contributed by atoms with Gasteiger partial charge in [-0.05, 0) is 39.1 Å². The lowest BCUT2D eigenvalue weighted by molar-refractivity contribution is 0.284. The fourth-order valence-corrected chi connectivity index (χ4v) is 1.98. The number of benzene rings is 1. The van der Waals surface area contributed by atoms with Gasteiger partial charge in [0.15, 0.2) is 0 Å². The number of likely N-dealkylation sites (N-methyl/N-ethyl adjacent to an activating group) is 1. The average molecular weight is 286 g/mol. The van der Waals surface area contributed by atoms with Crippen LogP contribution in [0.2, 0.25) is 5.02 Å². The fourth-order valence-electron chi connectivity index (χ4n) is 1.46. The van der Waals surface area contributed by atoms with Crippen molar-refractivity contribution in [1.82, 2.24) is 4.90 Å². The van der Waals surface area contributed by atoms with E-state index in [9.17, 15) is 0 Å².